The Labute approximate surface area is 72.8 Å². The fourth-order valence-electron chi connectivity index (χ4n) is 0.989. The van der Waals surface area contributed by atoms with E-state index in [1.54, 1.807) is 6.21 Å². The Bertz CT molecular complexity index is 388. The second kappa shape index (κ2) is 3.86. The second-order valence-electron chi connectivity index (χ2n) is 2.74. The Morgan fingerprint density at radius 3 is 2.83 bits per heavy atom. The van der Waals surface area contributed by atoms with Crippen LogP contribution in [-0.2, 0) is 0 Å². The summed E-state index contributed by atoms with van der Waals surface area (Å²) in [6.45, 7) is 7.87. The van der Waals surface area contributed by atoms with E-state index in [4.69, 9.17) is 0 Å². The molecule has 0 aromatic heterocycles. The molecule has 1 heteroatoms. The van der Waals surface area contributed by atoms with Crippen LogP contribution in [0.25, 0.3) is 12.8 Å². The van der Waals surface area contributed by atoms with Crippen LogP contribution in [-0.4, -0.2) is 6.21 Å². The van der Waals surface area contributed by atoms with Gasteiger partial charge in [-0.15, -0.1) is 0 Å². The molecule has 0 saturated carbocycles. The summed E-state index contributed by atoms with van der Waals surface area (Å²) in [4.78, 5) is 4.05. The molecule has 12 heavy (non-hydrogen) atoms. The van der Waals surface area contributed by atoms with Crippen molar-refractivity contribution in [3.63, 3.8) is 0 Å². The first-order valence-corrected chi connectivity index (χ1v) is 3.97. The summed E-state index contributed by atoms with van der Waals surface area (Å²) >= 11 is 0. The van der Waals surface area contributed by atoms with Crippen LogP contribution >= 0.6 is 0 Å². The SMILES string of the molecule is C=c1ccc(C)c/c1=C/N=C\C. The van der Waals surface area contributed by atoms with Crippen molar-refractivity contribution in [1.29, 1.82) is 0 Å². The second-order valence-corrected chi connectivity index (χ2v) is 2.74. The summed E-state index contributed by atoms with van der Waals surface area (Å²) in [6, 6.07) is 6.14. The highest BCUT2D eigenvalue weighted by Crippen LogP contribution is 1.85. The fourth-order valence-corrected chi connectivity index (χ4v) is 0.989. The van der Waals surface area contributed by atoms with Crippen molar-refractivity contribution in [1.82, 2.24) is 0 Å². The van der Waals surface area contributed by atoms with Crippen LogP contribution in [0.2, 0.25) is 0 Å². The molecule has 0 atom stereocenters. The molecule has 1 aromatic carbocycles. The van der Waals surface area contributed by atoms with Gasteiger partial charge in [0.1, 0.15) is 0 Å². The van der Waals surface area contributed by atoms with Crippen molar-refractivity contribution in [3.05, 3.63) is 34.2 Å². The zero-order chi connectivity index (χ0) is 8.97. The molecule has 0 unspecified atom stereocenters. The molecule has 1 rings (SSSR count). The molecule has 0 radical (unpaired) electrons. The Kier molecular flexibility index (Phi) is 2.81. The van der Waals surface area contributed by atoms with E-state index in [1.807, 2.05) is 19.2 Å². The van der Waals surface area contributed by atoms with Gasteiger partial charge in [0.15, 0.2) is 0 Å². The van der Waals surface area contributed by atoms with E-state index in [1.165, 1.54) is 5.56 Å². The van der Waals surface area contributed by atoms with Gasteiger partial charge in [-0.1, -0.05) is 24.3 Å². The van der Waals surface area contributed by atoms with Crippen LogP contribution in [0.15, 0.2) is 23.2 Å². The Hall–Kier alpha value is -1.37. The average molecular weight is 159 g/mol. The van der Waals surface area contributed by atoms with Gasteiger partial charge in [0.05, 0.1) is 0 Å². The van der Waals surface area contributed by atoms with Crippen molar-refractivity contribution < 1.29 is 0 Å². The Morgan fingerprint density at radius 2 is 2.17 bits per heavy atom. The van der Waals surface area contributed by atoms with Gasteiger partial charge >= 0.3 is 0 Å². The smallest absolute Gasteiger partial charge is 0.0342 e. The van der Waals surface area contributed by atoms with Crippen molar-refractivity contribution in [2.45, 2.75) is 13.8 Å². The monoisotopic (exact) mass is 159 g/mol. The number of rotatable bonds is 1. The van der Waals surface area contributed by atoms with Crippen LogP contribution < -0.4 is 10.4 Å². The maximum absolute atomic E-state index is 4.05. The number of hydrogen-bond acceptors (Lipinski definition) is 1. The number of aryl methyl sites for hydroxylation is 1. The maximum Gasteiger partial charge on any atom is 0.0342 e. The van der Waals surface area contributed by atoms with E-state index < -0.39 is 0 Å². The first-order chi connectivity index (χ1) is 5.74. The van der Waals surface area contributed by atoms with Crippen molar-refractivity contribution in [2.75, 3.05) is 0 Å². The van der Waals surface area contributed by atoms with Gasteiger partial charge in [0, 0.05) is 12.4 Å². The molecule has 62 valence electrons. The fraction of sp³-hybridized carbons (Fsp3) is 0.182. The van der Waals surface area contributed by atoms with E-state index >= 15 is 0 Å². The zero-order valence-electron chi connectivity index (χ0n) is 7.54. The van der Waals surface area contributed by atoms with E-state index in [-0.39, 0.29) is 0 Å². The summed E-state index contributed by atoms with van der Waals surface area (Å²) in [5.74, 6) is 0. The molecule has 0 aliphatic rings. The molecular weight excluding hydrogens is 146 g/mol. The number of aliphatic imine (C=N–C) groups is 1. The quantitative estimate of drug-likeness (QED) is 0.547. The van der Waals surface area contributed by atoms with Gasteiger partial charge in [-0.2, -0.15) is 0 Å². The number of benzene rings is 1. The molecule has 0 heterocycles. The van der Waals surface area contributed by atoms with Gasteiger partial charge in [-0.25, -0.2) is 0 Å². The normalized spacial score (nSPS) is 12.7. The van der Waals surface area contributed by atoms with E-state index in [0.717, 1.165) is 10.4 Å². The average Bonchev–Trinajstić information content (AvgIpc) is 2.07. The lowest BCUT2D eigenvalue weighted by Crippen LogP contribution is -2.22. The molecule has 0 aliphatic heterocycles. The predicted octanol–water partition coefficient (Wildman–Crippen LogP) is 1.23. The van der Waals surface area contributed by atoms with Crippen LogP contribution in [0.5, 0.6) is 0 Å². The number of nitrogens with zero attached hydrogens (tertiary/aromatic N) is 1. The van der Waals surface area contributed by atoms with Gasteiger partial charge in [-0.3, -0.25) is 4.99 Å². The third-order valence-corrected chi connectivity index (χ3v) is 1.66. The third kappa shape index (κ3) is 2.06. The zero-order valence-corrected chi connectivity index (χ0v) is 7.54. The van der Waals surface area contributed by atoms with Gasteiger partial charge < -0.3 is 0 Å². The Morgan fingerprint density at radius 1 is 1.42 bits per heavy atom. The van der Waals surface area contributed by atoms with E-state index in [2.05, 4.69) is 30.6 Å². The summed E-state index contributed by atoms with van der Waals surface area (Å²) in [7, 11) is 0. The minimum Gasteiger partial charge on any atom is -0.269 e. The molecule has 0 bridgehead atoms. The highest BCUT2D eigenvalue weighted by atomic mass is 14.6. The predicted molar refractivity (Wildman–Crippen MR) is 54.6 cm³/mol. The molecule has 0 fully saturated rings. The standard InChI is InChI=1S/C11H13N/c1-4-12-8-11-7-9(2)5-6-10(11)3/h4-8H,3H2,1-2H3/b11-8-,12-4-. The summed E-state index contributed by atoms with van der Waals surface area (Å²) in [5, 5.41) is 2.11. The molecule has 0 spiro atoms. The van der Waals surface area contributed by atoms with E-state index in [9.17, 15) is 0 Å². The van der Waals surface area contributed by atoms with Crippen LogP contribution in [0, 0.1) is 6.92 Å². The van der Waals surface area contributed by atoms with Crippen LogP contribution in [0.4, 0.5) is 0 Å². The highest BCUT2D eigenvalue weighted by molar-refractivity contribution is 5.57. The lowest BCUT2D eigenvalue weighted by Gasteiger charge is -1.90. The minimum atomic E-state index is 1.02. The lowest BCUT2D eigenvalue weighted by atomic mass is 10.2. The van der Waals surface area contributed by atoms with Gasteiger partial charge in [0.2, 0.25) is 0 Å². The minimum absolute atomic E-state index is 1.02. The van der Waals surface area contributed by atoms with Crippen molar-refractivity contribution >= 4 is 19.0 Å². The van der Waals surface area contributed by atoms with E-state index in [0.29, 0.717) is 0 Å². The highest BCUT2D eigenvalue weighted by Gasteiger charge is 1.83. The van der Waals surface area contributed by atoms with Gasteiger partial charge in [-0.05, 0) is 30.4 Å². The van der Waals surface area contributed by atoms with Crippen LogP contribution in [0.3, 0.4) is 0 Å². The van der Waals surface area contributed by atoms with Gasteiger partial charge in [0.25, 0.3) is 0 Å². The lowest BCUT2D eigenvalue weighted by molar-refractivity contribution is 1.40. The Balaban J connectivity index is 3.32. The maximum atomic E-state index is 4.05. The molecule has 1 nitrogen and oxygen atoms in total. The van der Waals surface area contributed by atoms with Crippen molar-refractivity contribution in [2.24, 2.45) is 4.99 Å². The summed E-state index contributed by atoms with van der Waals surface area (Å²) in [6.07, 6.45) is 3.59. The third-order valence-electron chi connectivity index (χ3n) is 1.66. The first kappa shape index (κ1) is 8.72. The molecular formula is C11H13N. The van der Waals surface area contributed by atoms with Crippen LogP contribution in [0.1, 0.15) is 12.5 Å². The number of hydrogen-bond donors (Lipinski definition) is 0. The summed E-state index contributed by atoms with van der Waals surface area (Å²) in [5.41, 5.74) is 1.24. The molecule has 1 aromatic rings. The topological polar surface area (TPSA) is 12.4 Å². The summed E-state index contributed by atoms with van der Waals surface area (Å²) < 4.78 is 0. The molecule has 0 saturated heterocycles. The van der Waals surface area contributed by atoms with Crippen molar-refractivity contribution in [3.8, 4) is 0 Å². The largest absolute Gasteiger partial charge is 0.269 e. The first-order valence-electron chi connectivity index (χ1n) is 3.97. The molecule has 0 amide bonds. The molecule has 0 N–H and O–H groups in total. The molecule has 0 aliphatic carbocycles.